The van der Waals surface area contributed by atoms with E-state index in [1.165, 1.54) is 13.0 Å². The molecule has 9 heteroatoms. The number of ether oxygens (including phenoxy) is 1. The van der Waals surface area contributed by atoms with Crippen molar-refractivity contribution in [1.29, 1.82) is 0 Å². The van der Waals surface area contributed by atoms with Crippen molar-refractivity contribution in [3.8, 4) is 16.9 Å². The second kappa shape index (κ2) is 8.50. The zero-order chi connectivity index (χ0) is 21.9. The summed E-state index contributed by atoms with van der Waals surface area (Å²) in [6, 6.07) is 5.56. The number of hydrogen-bond donors (Lipinski definition) is 2. The molecule has 0 saturated heterocycles. The summed E-state index contributed by atoms with van der Waals surface area (Å²) in [5.74, 6) is -3.08. The van der Waals surface area contributed by atoms with E-state index in [1.54, 1.807) is 13.8 Å². The number of alkyl halides is 3. The predicted octanol–water partition coefficient (Wildman–Crippen LogP) is 4.50. The molecule has 0 aliphatic heterocycles. The number of hydrogen-bond acceptors (Lipinski definition) is 3. The Kier molecular flexibility index (Phi) is 6.51. The topological polar surface area (TPSA) is 75.6 Å². The van der Waals surface area contributed by atoms with Gasteiger partial charge in [-0.3, -0.25) is 4.79 Å². The van der Waals surface area contributed by atoms with Gasteiger partial charge in [0.05, 0.1) is 11.1 Å². The second-order valence-electron chi connectivity index (χ2n) is 6.63. The van der Waals surface area contributed by atoms with Crippen LogP contribution in [0.25, 0.3) is 11.1 Å². The van der Waals surface area contributed by atoms with Crippen LogP contribution in [0.3, 0.4) is 0 Å². The van der Waals surface area contributed by atoms with Crippen LogP contribution in [0.1, 0.15) is 36.7 Å². The summed E-state index contributed by atoms with van der Waals surface area (Å²) in [5, 5.41) is 11.5. The standard InChI is InChI=1S/C20H19F4NO4/c1-10(2)25-18(26)14-6-4-12(8-16(14)21)15-9-13(20(22,23)24)5-7-17(15)29-11(3)19(27)28/h4-11H,1-3H3,(H,25,26)(H,27,28). The van der Waals surface area contributed by atoms with E-state index in [0.29, 0.717) is 0 Å². The molecule has 0 fully saturated rings. The summed E-state index contributed by atoms with van der Waals surface area (Å²) < 4.78 is 59.1. The Morgan fingerprint density at radius 3 is 2.24 bits per heavy atom. The van der Waals surface area contributed by atoms with Crippen molar-refractivity contribution in [2.75, 3.05) is 0 Å². The molecule has 0 bridgehead atoms. The number of benzene rings is 2. The molecule has 0 aliphatic rings. The number of carbonyl (C=O) groups is 2. The lowest BCUT2D eigenvalue weighted by molar-refractivity contribution is -0.144. The SMILES string of the molecule is CC(C)NC(=O)c1ccc(-c2cc(C(F)(F)F)ccc2OC(C)C(=O)O)cc1F. The maximum Gasteiger partial charge on any atom is 0.416 e. The Hall–Kier alpha value is -3.10. The van der Waals surface area contributed by atoms with E-state index in [4.69, 9.17) is 9.84 Å². The molecule has 0 radical (unpaired) electrons. The van der Waals surface area contributed by atoms with Gasteiger partial charge >= 0.3 is 12.1 Å². The summed E-state index contributed by atoms with van der Waals surface area (Å²) in [5.41, 5.74) is -1.43. The number of carboxylic acid groups (broad SMARTS) is 1. The first-order valence-electron chi connectivity index (χ1n) is 8.61. The lowest BCUT2D eigenvalue weighted by atomic mass is 9.99. The van der Waals surface area contributed by atoms with Crippen molar-refractivity contribution in [2.45, 2.75) is 39.1 Å². The first-order valence-corrected chi connectivity index (χ1v) is 8.61. The van der Waals surface area contributed by atoms with Crippen molar-refractivity contribution in [1.82, 2.24) is 5.32 Å². The molecule has 5 nitrogen and oxygen atoms in total. The molecule has 2 rings (SSSR count). The van der Waals surface area contributed by atoms with E-state index in [0.717, 1.165) is 30.3 Å². The summed E-state index contributed by atoms with van der Waals surface area (Å²) in [7, 11) is 0. The van der Waals surface area contributed by atoms with Gasteiger partial charge in [0.2, 0.25) is 0 Å². The highest BCUT2D eigenvalue weighted by Gasteiger charge is 2.32. The van der Waals surface area contributed by atoms with Gasteiger partial charge in [-0.1, -0.05) is 6.07 Å². The van der Waals surface area contributed by atoms with Crippen LogP contribution in [-0.2, 0) is 11.0 Å². The van der Waals surface area contributed by atoms with Crippen LogP contribution in [0.4, 0.5) is 17.6 Å². The van der Waals surface area contributed by atoms with E-state index < -0.39 is 35.5 Å². The Balaban J connectivity index is 2.54. The van der Waals surface area contributed by atoms with Gasteiger partial charge in [-0.05, 0) is 56.7 Å². The quantitative estimate of drug-likeness (QED) is 0.684. The van der Waals surface area contributed by atoms with Gasteiger partial charge in [-0.2, -0.15) is 13.2 Å². The molecule has 0 aromatic heterocycles. The van der Waals surface area contributed by atoms with E-state index in [2.05, 4.69) is 5.32 Å². The number of rotatable bonds is 6. The van der Waals surface area contributed by atoms with Crippen LogP contribution in [-0.4, -0.2) is 29.1 Å². The summed E-state index contributed by atoms with van der Waals surface area (Å²) in [6.07, 6.45) is -6.01. The molecule has 1 amide bonds. The molecule has 1 atom stereocenters. The number of halogens is 4. The predicted molar refractivity (Wildman–Crippen MR) is 97.2 cm³/mol. The van der Waals surface area contributed by atoms with Crippen LogP contribution in [0, 0.1) is 5.82 Å². The highest BCUT2D eigenvalue weighted by atomic mass is 19.4. The fraction of sp³-hybridized carbons (Fsp3) is 0.300. The monoisotopic (exact) mass is 413 g/mol. The van der Waals surface area contributed by atoms with Gasteiger partial charge in [0.25, 0.3) is 5.91 Å². The molecular formula is C20H19F4NO4. The third-order valence-corrected chi connectivity index (χ3v) is 3.90. The normalized spacial score (nSPS) is 12.6. The fourth-order valence-electron chi connectivity index (χ4n) is 2.48. The molecular weight excluding hydrogens is 394 g/mol. The van der Waals surface area contributed by atoms with Crippen LogP contribution in [0.5, 0.6) is 5.75 Å². The van der Waals surface area contributed by atoms with Crippen molar-refractivity contribution >= 4 is 11.9 Å². The second-order valence-corrected chi connectivity index (χ2v) is 6.63. The van der Waals surface area contributed by atoms with E-state index in [-0.39, 0.29) is 28.5 Å². The van der Waals surface area contributed by atoms with Gasteiger partial charge in [0.15, 0.2) is 6.10 Å². The molecule has 0 spiro atoms. The zero-order valence-electron chi connectivity index (χ0n) is 15.8. The number of carbonyl (C=O) groups excluding carboxylic acids is 1. The molecule has 2 aromatic carbocycles. The maximum absolute atomic E-state index is 14.5. The highest BCUT2D eigenvalue weighted by molar-refractivity contribution is 5.95. The van der Waals surface area contributed by atoms with Gasteiger partial charge in [-0.25, -0.2) is 9.18 Å². The molecule has 156 valence electrons. The van der Waals surface area contributed by atoms with Crippen molar-refractivity contribution in [3.63, 3.8) is 0 Å². The number of carboxylic acids is 1. The minimum absolute atomic E-state index is 0.00212. The van der Waals surface area contributed by atoms with Crippen LogP contribution in [0.15, 0.2) is 36.4 Å². The maximum atomic E-state index is 14.5. The Labute approximate surface area is 164 Å². The van der Waals surface area contributed by atoms with Crippen LogP contribution >= 0.6 is 0 Å². The van der Waals surface area contributed by atoms with Gasteiger partial charge in [0.1, 0.15) is 11.6 Å². The average molecular weight is 413 g/mol. The molecule has 1 unspecified atom stereocenters. The largest absolute Gasteiger partial charge is 0.479 e. The minimum Gasteiger partial charge on any atom is -0.479 e. The lowest BCUT2D eigenvalue weighted by Crippen LogP contribution is -2.30. The van der Waals surface area contributed by atoms with E-state index in [9.17, 15) is 27.2 Å². The molecule has 2 N–H and O–H groups in total. The minimum atomic E-state index is -4.67. The number of amides is 1. The number of aliphatic carboxylic acids is 1. The molecule has 0 aliphatic carbocycles. The Morgan fingerprint density at radius 1 is 1.07 bits per heavy atom. The summed E-state index contributed by atoms with van der Waals surface area (Å²) in [6.45, 7) is 4.60. The summed E-state index contributed by atoms with van der Waals surface area (Å²) >= 11 is 0. The van der Waals surface area contributed by atoms with Gasteiger partial charge in [-0.15, -0.1) is 0 Å². The van der Waals surface area contributed by atoms with Crippen LogP contribution in [0.2, 0.25) is 0 Å². The van der Waals surface area contributed by atoms with Crippen molar-refractivity contribution in [3.05, 3.63) is 53.3 Å². The Morgan fingerprint density at radius 2 is 1.72 bits per heavy atom. The lowest BCUT2D eigenvalue weighted by Gasteiger charge is -2.17. The third kappa shape index (κ3) is 5.46. The average Bonchev–Trinajstić information content (AvgIpc) is 2.60. The van der Waals surface area contributed by atoms with Gasteiger partial charge in [0, 0.05) is 11.6 Å². The summed E-state index contributed by atoms with van der Waals surface area (Å²) in [4.78, 5) is 23.0. The smallest absolute Gasteiger partial charge is 0.416 e. The first-order chi connectivity index (χ1) is 13.4. The zero-order valence-corrected chi connectivity index (χ0v) is 15.8. The number of nitrogens with one attached hydrogen (secondary N) is 1. The molecule has 29 heavy (non-hydrogen) atoms. The molecule has 2 aromatic rings. The molecule has 0 saturated carbocycles. The third-order valence-electron chi connectivity index (χ3n) is 3.90. The molecule has 0 heterocycles. The van der Waals surface area contributed by atoms with Crippen molar-refractivity contribution in [2.24, 2.45) is 0 Å². The van der Waals surface area contributed by atoms with Crippen molar-refractivity contribution < 1.29 is 37.0 Å². The fourth-order valence-corrected chi connectivity index (χ4v) is 2.48. The van der Waals surface area contributed by atoms with Crippen LogP contribution < -0.4 is 10.1 Å². The van der Waals surface area contributed by atoms with E-state index in [1.807, 2.05) is 0 Å². The van der Waals surface area contributed by atoms with E-state index >= 15 is 0 Å². The first kappa shape index (κ1) is 22.2. The Bertz CT molecular complexity index is 925. The highest BCUT2D eigenvalue weighted by Crippen LogP contribution is 2.38. The van der Waals surface area contributed by atoms with Gasteiger partial charge < -0.3 is 15.2 Å².